The highest BCUT2D eigenvalue weighted by atomic mass is 32.1. The first-order valence-electron chi connectivity index (χ1n) is 8.36. The molecule has 2 aromatic rings. The molecule has 0 saturated carbocycles. The van der Waals surface area contributed by atoms with E-state index in [-0.39, 0.29) is 6.03 Å². The summed E-state index contributed by atoms with van der Waals surface area (Å²) in [6, 6.07) is 7.77. The van der Waals surface area contributed by atoms with Gasteiger partial charge in [0.15, 0.2) is 4.80 Å². The molecule has 5 nitrogen and oxygen atoms in total. The van der Waals surface area contributed by atoms with E-state index in [9.17, 15) is 4.79 Å². The van der Waals surface area contributed by atoms with Gasteiger partial charge >= 0.3 is 6.03 Å². The fourth-order valence-corrected chi connectivity index (χ4v) is 3.84. The minimum Gasteiger partial charge on any atom is -0.494 e. The molecule has 0 aliphatic carbocycles. The molecule has 24 heavy (non-hydrogen) atoms. The SMILES string of the molecule is CCOc1cccc(-n2c(C)c(C)sc2=NC(=O)N2CCCC2)c1. The van der Waals surface area contributed by atoms with Crippen LogP contribution in [0.15, 0.2) is 29.3 Å². The molecule has 128 valence electrons. The van der Waals surface area contributed by atoms with Crippen LogP contribution in [0.25, 0.3) is 5.69 Å². The lowest BCUT2D eigenvalue weighted by atomic mass is 10.3. The lowest BCUT2D eigenvalue weighted by Gasteiger charge is -2.12. The molecule has 1 aliphatic rings. The summed E-state index contributed by atoms with van der Waals surface area (Å²) in [6.45, 7) is 8.33. The summed E-state index contributed by atoms with van der Waals surface area (Å²) in [5, 5.41) is 0. The average molecular weight is 345 g/mol. The van der Waals surface area contributed by atoms with Crippen molar-refractivity contribution >= 4 is 17.4 Å². The summed E-state index contributed by atoms with van der Waals surface area (Å²) in [6.07, 6.45) is 2.14. The fourth-order valence-electron chi connectivity index (χ4n) is 2.87. The Balaban J connectivity index is 2.04. The van der Waals surface area contributed by atoms with Crippen LogP contribution in [0.2, 0.25) is 0 Å². The first-order chi connectivity index (χ1) is 11.6. The molecule has 1 aromatic carbocycles. The van der Waals surface area contributed by atoms with Crippen LogP contribution in [-0.4, -0.2) is 35.2 Å². The van der Waals surface area contributed by atoms with Crippen LogP contribution in [0.3, 0.4) is 0 Å². The first kappa shape index (κ1) is 16.8. The topological polar surface area (TPSA) is 46.8 Å². The van der Waals surface area contributed by atoms with Gasteiger partial charge in [-0.1, -0.05) is 6.07 Å². The minimum atomic E-state index is -0.136. The van der Waals surface area contributed by atoms with Crippen LogP contribution in [0.5, 0.6) is 5.75 Å². The summed E-state index contributed by atoms with van der Waals surface area (Å²) < 4.78 is 7.64. The Bertz CT molecular complexity index is 801. The molecule has 0 N–H and O–H groups in total. The van der Waals surface area contributed by atoms with Gasteiger partial charge in [-0.15, -0.1) is 11.3 Å². The van der Waals surface area contributed by atoms with Crippen molar-refractivity contribution < 1.29 is 9.53 Å². The lowest BCUT2D eigenvalue weighted by Crippen LogP contribution is -2.27. The number of ether oxygens (including phenoxy) is 1. The quantitative estimate of drug-likeness (QED) is 0.852. The van der Waals surface area contributed by atoms with Crippen molar-refractivity contribution in [1.82, 2.24) is 9.47 Å². The number of rotatable bonds is 3. The van der Waals surface area contributed by atoms with Gasteiger partial charge in [-0.25, -0.2) is 4.79 Å². The van der Waals surface area contributed by atoms with Crippen molar-refractivity contribution in [2.45, 2.75) is 33.6 Å². The molecule has 0 radical (unpaired) electrons. The zero-order valence-electron chi connectivity index (χ0n) is 14.4. The number of thiazole rings is 1. The van der Waals surface area contributed by atoms with Gasteiger partial charge in [-0.05, 0) is 45.7 Å². The van der Waals surface area contributed by atoms with Gasteiger partial charge in [0.2, 0.25) is 0 Å². The molecule has 3 rings (SSSR count). The zero-order chi connectivity index (χ0) is 17.1. The summed E-state index contributed by atoms with van der Waals surface area (Å²) in [5.41, 5.74) is 2.07. The first-order valence-corrected chi connectivity index (χ1v) is 9.17. The molecular formula is C18H23N3O2S. The van der Waals surface area contributed by atoms with Crippen LogP contribution >= 0.6 is 11.3 Å². The van der Waals surface area contributed by atoms with Crippen molar-refractivity contribution in [2.75, 3.05) is 19.7 Å². The van der Waals surface area contributed by atoms with Crippen LogP contribution < -0.4 is 9.54 Å². The third kappa shape index (κ3) is 3.38. The molecule has 1 aromatic heterocycles. The van der Waals surface area contributed by atoms with E-state index in [1.165, 1.54) is 0 Å². The second-order valence-electron chi connectivity index (χ2n) is 5.88. The fraction of sp³-hybridized carbons (Fsp3) is 0.444. The van der Waals surface area contributed by atoms with E-state index in [0.29, 0.717) is 6.61 Å². The molecule has 2 heterocycles. The molecule has 0 bridgehead atoms. The zero-order valence-corrected chi connectivity index (χ0v) is 15.2. The Morgan fingerprint density at radius 1 is 1.29 bits per heavy atom. The smallest absolute Gasteiger partial charge is 0.346 e. The highest BCUT2D eigenvalue weighted by molar-refractivity contribution is 7.09. The van der Waals surface area contributed by atoms with Crippen molar-refractivity contribution in [3.8, 4) is 11.4 Å². The van der Waals surface area contributed by atoms with E-state index < -0.39 is 0 Å². The Labute approximate surface area is 146 Å². The lowest BCUT2D eigenvalue weighted by molar-refractivity contribution is 0.218. The summed E-state index contributed by atoms with van der Waals surface area (Å²) in [4.78, 5) is 20.5. The van der Waals surface area contributed by atoms with Crippen molar-refractivity contribution in [3.05, 3.63) is 39.6 Å². The van der Waals surface area contributed by atoms with Gasteiger partial charge < -0.3 is 9.64 Å². The maximum atomic E-state index is 12.4. The van der Waals surface area contributed by atoms with Crippen molar-refractivity contribution in [1.29, 1.82) is 0 Å². The van der Waals surface area contributed by atoms with E-state index in [4.69, 9.17) is 4.74 Å². The number of aryl methyl sites for hydroxylation is 1. The van der Waals surface area contributed by atoms with Gasteiger partial charge in [-0.3, -0.25) is 4.57 Å². The van der Waals surface area contributed by atoms with Gasteiger partial charge in [0, 0.05) is 29.7 Å². The standard InChI is InChI=1S/C18H23N3O2S/c1-4-23-16-9-7-8-15(12-16)21-13(2)14(3)24-18(21)19-17(22)20-10-5-6-11-20/h7-9,12H,4-6,10-11H2,1-3H3. The normalized spacial score (nSPS) is 15.1. The Hall–Kier alpha value is -2.08. The molecule has 0 atom stereocenters. The van der Waals surface area contributed by atoms with Crippen LogP contribution in [0.1, 0.15) is 30.3 Å². The number of hydrogen-bond donors (Lipinski definition) is 0. The predicted molar refractivity (Wildman–Crippen MR) is 96.1 cm³/mol. The van der Waals surface area contributed by atoms with Gasteiger partial charge in [0.1, 0.15) is 5.75 Å². The molecule has 6 heteroatoms. The Morgan fingerprint density at radius 2 is 2.04 bits per heavy atom. The highest BCUT2D eigenvalue weighted by Gasteiger charge is 2.18. The second kappa shape index (κ2) is 7.21. The molecule has 0 unspecified atom stereocenters. The molecule has 1 aliphatic heterocycles. The average Bonchev–Trinajstić information content (AvgIpc) is 3.18. The van der Waals surface area contributed by atoms with Crippen LogP contribution in [-0.2, 0) is 0 Å². The Kier molecular flexibility index (Phi) is 5.04. The summed E-state index contributed by atoms with van der Waals surface area (Å²) >= 11 is 1.55. The second-order valence-corrected chi connectivity index (χ2v) is 7.06. The molecule has 0 spiro atoms. The van der Waals surface area contributed by atoms with Gasteiger partial charge in [-0.2, -0.15) is 4.99 Å². The number of benzene rings is 1. The molecule has 2 amide bonds. The van der Waals surface area contributed by atoms with Gasteiger partial charge in [0.25, 0.3) is 0 Å². The largest absolute Gasteiger partial charge is 0.494 e. The molecule has 1 fully saturated rings. The van der Waals surface area contributed by atoms with Crippen molar-refractivity contribution in [2.24, 2.45) is 4.99 Å². The summed E-state index contributed by atoms with van der Waals surface area (Å²) in [5.74, 6) is 0.822. The maximum Gasteiger partial charge on any atom is 0.346 e. The molecule has 1 saturated heterocycles. The van der Waals surface area contributed by atoms with E-state index in [0.717, 1.165) is 52.7 Å². The third-order valence-electron chi connectivity index (χ3n) is 4.24. The summed E-state index contributed by atoms with van der Waals surface area (Å²) in [7, 11) is 0. The predicted octanol–water partition coefficient (Wildman–Crippen LogP) is 3.67. The van der Waals surface area contributed by atoms with E-state index in [1.807, 2.05) is 40.7 Å². The monoisotopic (exact) mass is 345 g/mol. The maximum absolute atomic E-state index is 12.4. The number of carbonyl (C=O) groups excluding carboxylic acids is 1. The minimum absolute atomic E-state index is 0.136. The third-order valence-corrected chi connectivity index (χ3v) is 5.29. The number of urea groups is 1. The number of carbonyl (C=O) groups is 1. The molecular weight excluding hydrogens is 322 g/mol. The van der Waals surface area contributed by atoms with E-state index >= 15 is 0 Å². The van der Waals surface area contributed by atoms with Gasteiger partial charge in [0.05, 0.1) is 12.3 Å². The number of hydrogen-bond acceptors (Lipinski definition) is 3. The number of nitrogens with zero attached hydrogens (tertiary/aromatic N) is 3. The number of aromatic nitrogens is 1. The number of likely N-dealkylation sites (tertiary alicyclic amines) is 1. The van der Waals surface area contributed by atoms with E-state index in [2.05, 4.69) is 18.8 Å². The number of amides is 2. The van der Waals surface area contributed by atoms with E-state index in [1.54, 1.807) is 11.3 Å². The Morgan fingerprint density at radius 3 is 2.75 bits per heavy atom. The van der Waals surface area contributed by atoms with Crippen LogP contribution in [0, 0.1) is 13.8 Å². The van der Waals surface area contributed by atoms with Crippen molar-refractivity contribution in [3.63, 3.8) is 0 Å². The van der Waals surface area contributed by atoms with Crippen LogP contribution in [0.4, 0.5) is 4.79 Å². The highest BCUT2D eigenvalue weighted by Crippen LogP contribution is 2.20.